The van der Waals surface area contributed by atoms with Crippen LogP contribution in [0.1, 0.15) is 25.3 Å². The van der Waals surface area contributed by atoms with Crippen LogP contribution in [-0.2, 0) is 0 Å². The zero-order chi connectivity index (χ0) is 14.4. The second-order valence-electron chi connectivity index (χ2n) is 4.21. The van der Waals surface area contributed by atoms with Gasteiger partial charge in [0.1, 0.15) is 4.47 Å². The van der Waals surface area contributed by atoms with Gasteiger partial charge in [0.05, 0.1) is 17.6 Å². The smallest absolute Gasteiger partial charge is 0.275 e. The van der Waals surface area contributed by atoms with Gasteiger partial charge in [0.15, 0.2) is 0 Å². The molecule has 0 spiro atoms. The van der Waals surface area contributed by atoms with E-state index >= 15 is 0 Å². The topological polar surface area (TPSA) is 70.1 Å². The Morgan fingerprint density at radius 1 is 1.40 bits per heavy atom. The van der Waals surface area contributed by atoms with Gasteiger partial charge in [-0.2, -0.15) is 10.2 Å². The van der Waals surface area contributed by atoms with E-state index in [4.69, 9.17) is 0 Å². The van der Waals surface area contributed by atoms with E-state index < -0.39 is 0 Å². The van der Waals surface area contributed by atoms with Crippen LogP contribution >= 0.6 is 15.9 Å². The Bertz CT molecular complexity index is 652. The third-order valence-corrected chi connectivity index (χ3v) is 3.49. The molecule has 0 aliphatic rings. The summed E-state index contributed by atoms with van der Waals surface area (Å²) < 4.78 is 0.389. The molecule has 2 N–H and O–H groups in total. The molecule has 2 rings (SSSR count). The van der Waals surface area contributed by atoms with Crippen LogP contribution in [0.15, 0.2) is 50.9 Å². The highest BCUT2D eigenvalue weighted by atomic mass is 79.9. The lowest BCUT2D eigenvalue weighted by Gasteiger charge is -2.07. The number of anilines is 1. The lowest BCUT2D eigenvalue weighted by Crippen LogP contribution is -2.11. The van der Waals surface area contributed by atoms with Gasteiger partial charge in [-0.3, -0.25) is 10.2 Å². The first-order valence-electron chi connectivity index (χ1n) is 6.33. The largest absolute Gasteiger partial charge is 0.280 e. The molecule has 0 radical (unpaired) electrons. The predicted octanol–water partition coefficient (Wildman–Crippen LogP) is 3.15. The van der Waals surface area contributed by atoms with Crippen molar-refractivity contribution >= 4 is 27.3 Å². The number of hydrogen-bond acceptors (Lipinski definition) is 4. The Morgan fingerprint density at radius 2 is 2.15 bits per heavy atom. The van der Waals surface area contributed by atoms with E-state index in [-0.39, 0.29) is 5.56 Å². The van der Waals surface area contributed by atoms with Gasteiger partial charge in [-0.25, -0.2) is 5.10 Å². The van der Waals surface area contributed by atoms with Crippen LogP contribution in [0.4, 0.5) is 5.69 Å². The van der Waals surface area contributed by atoms with E-state index in [0.29, 0.717) is 10.2 Å². The van der Waals surface area contributed by atoms with Gasteiger partial charge in [0.25, 0.3) is 5.56 Å². The van der Waals surface area contributed by atoms with Gasteiger partial charge >= 0.3 is 0 Å². The molecule has 0 fully saturated rings. The number of nitrogens with one attached hydrogen (secondary N) is 2. The molecule has 0 bridgehead atoms. The van der Waals surface area contributed by atoms with E-state index in [2.05, 4.69) is 43.6 Å². The molecule has 1 heterocycles. The zero-order valence-electron chi connectivity index (χ0n) is 11.1. The molecular formula is C14H15BrN4O. The van der Waals surface area contributed by atoms with E-state index in [9.17, 15) is 4.79 Å². The van der Waals surface area contributed by atoms with Crippen molar-refractivity contribution in [2.75, 3.05) is 5.43 Å². The maximum atomic E-state index is 11.4. The molecule has 0 aliphatic carbocycles. The van der Waals surface area contributed by atoms with E-state index in [1.807, 2.05) is 30.3 Å². The minimum atomic E-state index is -0.290. The van der Waals surface area contributed by atoms with Gasteiger partial charge in [-0.1, -0.05) is 43.7 Å². The first kappa shape index (κ1) is 14.5. The zero-order valence-corrected chi connectivity index (χ0v) is 12.6. The Labute approximate surface area is 125 Å². The monoisotopic (exact) mass is 334 g/mol. The lowest BCUT2D eigenvalue weighted by molar-refractivity contribution is 0.970. The summed E-state index contributed by atoms with van der Waals surface area (Å²) >= 11 is 3.21. The van der Waals surface area contributed by atoms with Crippen molar-refractivity contribution in [1.82, 2.24) is 10.2 Å². The fourth-order valence-corrected chi connectivity index (χ4v) is 2.00. The van der Waals surface area contributed by atoms with Crippen molar-refractivity contribution in [2.45, 2.75) is 19.8 Å². The molecule has 1 aromatic heterocycles. The van der Waals surface area contributed by atoms with Crippen LogP contribution in [0, 0.1) is 0 Å². The van der Waals surface area contributed by atoms with Crippen molar-refractivity contribution in [3.63, 3.8) is 0 Å². The maximum absolute atomic E-state index is 11.4. The lowest BCUT2D eigenvalue weighted by atomic mass is 10.1. The molecule has 20 heavy (non-hydrogen) atoms. The molecule has 6 heteroatoms. The Balaban J connectivity index is 2.26. The molecule has 1 aromatic carbocycles. The molecule has 0 unspecified atom stereocenters. The highest BCUT2D eigenvalue weighted by Gasteiger charge is 2.05. The number of aromatic amines is 1. The summed E-state index contributed by atoms with van der Waals surface area (Å²) in [6, 6.07) is 9.96. The van der Waals surface area contributed by atoms with Gasteiger partial charge in [0.2, 0.25) is 0 Å². The van der Waals surface area contributed by atoms with Crippen molar-refractivity contribution in [3.05, 3.63) is 56.9 Å². The Kier molecular flexibility index (Phi) is 5.06. The second-order valence-corrected chi connectivity index (χ2v) is 5.01. The van der Waals surface area contributed by atoms with Crippen LogP contribution in [0.5, 0.6) is 0 Å². The second kappa shape index (κ2) is 7.00. The number of halogens is 1. The van der Waals surface area contributed by atoms with Gasteiger partial charge in [-0.15, -0.1) is 0 Å². The average Bonchev–Trinajstić information content (AvgIpc) is 2.48. The van der Waals surface area contributed by atoms with Gasteiger partial charge in [-0.05, 0) is 27.9 Å². The molecule has 2 aromatic rings. The summed E-state index contributed by atoms with van der Waals surface area (Å²) in [5.41, 5.74) is 5.16. The molecule has 0 saturated carbocycles. The van der Waals surface area contributed by atoms with Crippen molar-refractivity contribution < 1.29 is 0 Å². The number of hydrogen-bond donors (Lipinski definition) is 2. The summed E-state index contributed by atoms with van der Waals surface area (Å²) in [4.78, 5) is 11.4. The first-order chi connectivity index (χ1) is 9.72. The van der Waals surface area contributed by atoms with Crippen molar-refractivity contribution in [3.8, 4) is 0 Å². The number of nitrogens with zero attached hydrogens (tertiary/aromatic N) is 2. The minimum Gasteiger partial charge on any atom is -0.275 e. The molecule has 5 nitrogen and oxygen atoms in total. The SMILES string of the molecule is CCC/C(=N/Nc1cn[nH]c(=O)c1Br)c1ccccc1. The fourth-order valence-electron chi connectivity index (χ4n) is 1.72. The molecule has 104 valence electrons. The fraction of sp³-hybridized carbons (Fsp3) is 0.214. The number of benzene rings is 1. The quantitative estimate of drug-likeness (QED) is 0.651. The molecule has 0 atom stereocenters. The van der Waals surface area contributed by atoms with E-state index in [1.165, 1.54) is 6.20 Å². The molecular weight excluding hydrogens is 320 g/mol. The van der Waals surface area contributed by atoms with Crippen molar-refractivity contribution in [2.24, 2.45) is 5.10 Å². The third kappa shape index (κ3) is 3.54. The summed E-state index contributed by atoms with van der Waals surface area (Å²) in [5, 5.41) is 10.5. The van der Waals surface area contributed by atoms with Crippen LogP contribution in [0.3, 0.4) is 0 Å². The molecule has 0 aliphatic heterocycles. The van der Waals surface area contributed by atoms with E-state index in [0.717, 1.165) is 24.1 Å². The highest BCUT2D eigenvalue weighted by Crippen LogP contribution is 2.16. The summed E-state index contributed by atoms with van der Waals surface area (Å²) in [7, 11) is 0. The van der Waals surface area contributed by atoms with Crippen LogP contribution < -0.4 is 11.0 Å². The molecule has 0 saturated heterocycles. The van der Waals surface area contributed by atoms with Crippen LogP contribution in [0.2, 0.25) is 0 Å². The summed E-state index contributed by atoms with van der Waals surface area (Å²) in [6.07, 6.45) is 3.36. The van der Waals surface area contributed by atoms with Gasteiger partial charge in [0, 0.05) is 0 Å². The van der Waals surface area contributed by atoms with Crippen molar-refractivity contribution in [1.29, 1.82) is 0 Å². The summed E-state index contributed by atoms with van der Waals surface area (Å²) in [5.74, 6) is 0. The molecule has 0 amide bonds. The number of H-pyrrole nitrogens is 1. The maximum Gasteiger partial charge on any atom is 0.280 e. The van der Waals surface area contributed by atoms with Gasteiger partial charge < -0.3 is 0 Å². The first-order valence-corrected chi connectivity index (χ1v) is 7.13. The number of aromatic nitrogens is 2. The Morgan fingerprint density at radius 3 is 2.85 bits per heavy atom. The predicted molar refractivity (Wildman–Crippen MR) is 84.1 cm³/mol. The number of rotatable bonds is 5. The van der Waals surface area contributed by atoms with E-state index in [1.54, 1.807) is 0 Å². The van der Waals surface area contributed by atoms with Crippen LogP contribution in [0.25, 0.3) is 0 Å². The van der Waals surface area contributed by atoms with Crippen LogP contribution in [-0.4, -0.2) is 15.9 Å². The highest BCUT2D eigenvalue weighted by molar-refractivity contribution is 9.10. The third-order valence-electron chi connectivity index (χ3n) is 2.70. The minimum absolute atomic E-state index is 0.290. The summed E-state index contributed by atoms with van der Waals surface area (Å²) in [6.45, 7) is 2.10. The number of hydrazone groups is 1. The Hall–Kier alpha value is -1.95. The normalized spacial score (nSPS) is 11.4. The average molecular weight is 335 g/mol. The standard InChI is InChI=1S/C14H15BrN4O/c1-2-6-11(10-7-4-3-5-8-10)17-18-12-9-16-19-14(20)13(12)15/h3-5,7-9H,2,6H2,1H3,(H2,18,19,20)/b17-11-.